The van der Waals surface area contributed by atoms with E-state index >= 15 is 0 Å². The van der Waals surface area contributed by atoms with E-state index in [4.69, 9.17) is 0 Å². The topological polar surface area (TPSA) is 77.8 Å². The van der Waals surface area contributed by atoms with Crippen molar-refractivity contribution < 1.29 is 20.1 Å². The van der Waals surface area contributed by atoms with Gasteiger partial charge in [-0.2, -0.15) is 0 Å². The number of carboxylic acid groups (broad SMARTS) is 1. The minimum absolute atomic E-state index is 0.0436. The van der Waals surface area contributed by atoms with Crippen LogP contribution in [0.1, 0.15) is 98.8 Å². The van der Waals surface area contributed by atoms with E-state index in [1.165, 1.54) is 0 Å². The Balaban J connectivity index is 1.60. The highest BCUT2D eigenvalue weighted by molar-refractivity contribution is 5.77. The van der Waals surface area contributed by atoms with Crippen molar-refractivity contribution in [2.45, 2.75) is 111 Å². The van der Waals surface area contributed by atoms with Crippen LogP contribution in [0.4, 0.5) is 0 Å². The van der Waals surface area contributed by atoms with E-state index in [1.807, 2.05) is 0 Å². The van der Waals surface area contributed by atoms with Gasteiger partial charge < -0.3 is 15.3 Å². The predicted octanol–water partition coefficient (Wildman–Crippen LogP) is 5.81. The smallest absolute Gasteiger partial charge is 0.310 e. The third kappa shape index (κ3) is 2.74. The molecule has 0 aromatic heterocycles. The van der Waals surface area contributed by atoms with Crippen molar-refractivity contribution in [3.8, 4) is 0 Å². The van der Waals surface area contributed by atoms with E-state index in [9.17, 15) is 20.1 Å². The number of aliphatic hydroxyl groups excluding tert-OH is 2. The number of rotatable bonds is 1. The van der Waals surface area contributed by atoms with Crippen LogP contribution in [0.2, 0.25) is 0 Å². The number of carbonyl (C=O) groups is 1. The molecule has 5 rings (SSSR count). The molecule has 0 unspecified atom stereocenters. The van der Waals surface area contributed by atoms with Crippen molar-refractivity contribution in [1.82, 2.24) is 0 Å². The molecule has 5 aliphatic carbocycles. The van der Waals surface area contributed by atoms with Crippen molar-refractivity contribution >= 4 is 5.97 Å². The molecule has 0 spiro atoms. The maximum atomic E-state index is 13.4. The van der Waals surface area contributed by atoms with Gasteiger partial charge in [0, 0.05) is 0 Å². The summed E-state index contributed by atoms with van der Waals surface area (Å²) in [6.07, 6.45) is 8.33. The van der Waals surface area contributed by atoms with Crippen LogP contribution in [-0.4, -0.2) is 33.5 Å². The lowest BCUT2D eigenvalue weighted by molar-refractivity contribution is -0.263. The van der Waals surface area contributed by atoms with Gasteiger partial charge in [0.2, 0.25) is 0 Å². The van der Waals surface area contributed by atoms with E-state index in [0.717, 1.165) is 56.9 Å². The SMILES string of the molecule is C=C1C[C@@H]2[C@@](C)(CC[C@]3(C)[C@H]4CC[C@@]5(C)[C@@H](CC[C@H](O)[C@@H]5C)[C@]4(C)CC[C@@]23C(=O)O)C[C@@H]1O. The third-order valence-corrected chi connectivity index (χ3v) is 13.2. The largest absolute Gasteiger partial charge is 0.481 e. The van der Waals surface area contributed by atoms with E-state index < -0.39 is 17.5 Å². The highest BCUT2D eigenvalue weighted by atomic mass is 16.4. The Bertz CT molecular complexity index is 868. The van der Waals surface area contributed by atoms with E-state index in [0.29, 0.717) is 30.6 Å². The number of fused-ring (bicyclic) bond motifs is 7. The molecular formula is C29H46O4. The Hall–Kier alpha value is -0.870. The average molecular weight is 459 g/mol. The second kappa shape index (κ2) is 7.09. The van der Waals surface area contributed by atoms with Crippen LogP contribution in [-0.2, 0) is 4.79 Å². The summed E-state index contributed by atoms with van der Waals surface area (Å²) in [5.41, 5.74) is -0.0519. The Kier molecular flexibility index (Phi) is 5.13. The third-order valence-electron chi connectivity index (χ3n) is 13.2. The molecule has 5 fully saturated rings. The number of carboxylic acids is 1. The van der Waals surface area contributed by atoms with Crippen molar-refractivity contribution in [3.63, 3.8) is 0 Å². The fraction of sp³-hybridized carbons (Fsp3) is 0.897. The molecule has 4 heteroatoms. The van der Waals surface area contributed by atoms with Crippen LogP contribution in [0.25, 0.3) is 0 Å². The van der Waals surface area contributed by atoms with Gasteiger partial charge in [0.05, 0.1) is 17.6 Å². The molecule has 0 aliphatic heterocycles. The standard InChI is InChI=1S/C29H46O4/c1-17-15-23-25(3,16-20(17)31)11-13-28(6)22-9-10-26(4)18(2)19(30)7-8-21(26)27(22,5)12-14-29(23,28)24(32)33/h18-23,30-31H,1,7-16H2,2-6H3,(H,32,33)/t18-,19-,20-,21+,22-,23+,25-,26+,27-,28+,29-/m0/s1. The van der Waals surface area contributed by atoms with Crippen LogP contribution in [0.5, 0.6) is 0 Å². The molecular weight excluding hydrogens is 412 g/mol. The van der Waals surface area contributed by atoms with Crippen molar-refractivity contribution in [2.75, 3.05) is 0 Å². The zero-order chi connectivity index (χ0) is 24.2. The molecule has 0 saturated heterocycles. The monoisotopic (exact) mass is 458 g/mol. The molecule has 186 valence electrons. The zero-order valence-corrected chi connectivity index (χ0v) is 21.5. The van der Waals surface area contributed by atoms with Crippen LogP contribution in [0.3, 0.4) is 0 Å². The second-order valence-corrected chi connectivity index (χ2v) is 14.1. The van der Waals surface area contributed by atoms with Gasteiger partial charge in [0.15, 0.2) is 0 Å². The molecule has 11 atom stereocenters. The van der Waals surface area contributed by atoms with Gasteiger partial charge >= 0.3 is 5.97 Å². The normalized spacial score (nSPS) is 58.5. The van der Waals surface area contributed by atoms with Crippen molar-refractivity contribution in [1.29, 1.82) is 0 Å². The van der Waals surface area contributed by atoms with Gasteiger partial charge in [0.25, 0.3) is 0 Å². The van der Waals surface area contributed by atoms with Gasteiger partial charge in [-0.1, -0.05) is 41.2 Å². The summed E-state index contributed by atoms with van der Waals surface area (Å²) >= 11 is 0. The molecule has 4 nitrogen and oxygen atoms in total. The molecule has 0 bridgehead atoms. The Morgan fingerprint density at radius 1 is 0.879 bits per heavy atom. The summed E-state index contributed by atoms with van der Waals surface area (Å²) in [4.78, 5) is 13.4. The molecule has 0 aromatic rings. The lowest BCUT2D eigenvalue weighted by atomic mass is 9.30. The molecule has 0 aromatic carbocycles. The maximum absolute atomic E-state index is 13.4. The first-order valence-corrected chi connectivity index (χ1v) is 13.5. The quantitative estimate of drug-likeness (QED) is 0.433. The number of hydrogen-bond donors (Lipinski definition) is 3. The number of aliphatic hydroxyl groups is 2. The first-order chi connectivity index (χ1) is 15.3. The van der Waals surface area contributed by atoms with E-state index in [1.54, 1.807) is 0 Å². The van der Waals surface area contributed by atoms with Crippen LogP contribution in [0.15, 0.2) is 12.2 Å². The molecule has 3 N–H and O–H groups in total. The Morgan fingerprint density at radius 3 is 2.24 bits per heavy atom. The van der Waals surface area contributed by atoms with Crippen LogP contribution < -0.4 is 0 Å². The minimum atomic E-state index is -0.749. The molecule has 0 heterocycles. The van der Waals surface area contributed by atoms with Gasteiger partial charge in [-0.25, -0.2) is 0 Å². The highest BCUT2D eigenvalue weighted by Crippen LogP contribution is 2.78. The summed E-state index contributed by atoms with van der Waals surface area (Å²) in [5.74, 6) is 0.670. The molecule has 33 heavy (non-hydrogen) atoms. The van der Waals surface area contributed by atoms with Crippen LogP contribution in [0, 0.1) is 50.7 Å². The van der Waals surface area contributed by atoms with Crippen LogP contribution >= 0.6 is 0 Å². The lowest BCUT2D eigenvalue weighted by Gasteiger charge is -2.73. The Morgan fingerprint density at radius 2 is 1.58 bits per heavy atom. The first kappa shape index (κ1) is 23.9. The van der Waals surface area contributed by atoms with Gasteiger partial charge in [-0.3, -0.25) is 4.79 Å². The van der Waals surface area contributed by atoms with Gasteiger partial charge in [-0.15, -0.1) is 0 Å². The summed E-state index contributed by atoms with van der Waals surface area (Å²) in [6.45, 7) is 15.9. The molecule has 5 saturated carbocycles. The zero-order valence-electron chi connectivity index (χ0n) is 21.5. The van der Waals surface area contributed by atoms with E-state index in [-0.39, 0.29) is 33.7 Å². The summed E-state index contributed by atoms with van der Waals surface area (Å²) in [7, 11) is 0. The maximum Gasteiger partial charge on any atom is 0.310 e. The molecule has 5 aliphatic rings. The van der Waals surface area contributed by atoms with Gasteiger partial charge in [0.1, 0.15) is 0 Å². The number of hydrogen-bond acceptors (Lipinski definition) is 3. The van der Waals surface area contributed by atoms with E-state index in [2.05, 4.69) is 41.2 Å². The molecule has 0 radical (unpaired) electrons. The summed E-state index contributed by atoms with van der Waals surface area (Å²) in [6, 6.07) is 0. The van der Waals surface area contributed by atoms with Crippen molar-refractivity contribution in [3.05, 3.63) is 12.2 Å². The fourth-order valence-corrected chi connectivity index (χ4v) is 11.1. The Labute approximate surface area is 200 Å². The van der Waals surface area contributed by atoms with Crippen molar-refractivity contribution in [2.24, 2.45) is 50.7 Å². The predicted molar refractivity (Wildman–Crippen MR) is 129 cm³/mol. The summed E-state index contributed by atoms with van der Waals surface area (Å²) < 4.78 is 0. The first-order valence-electron chi connectivity index (χ1n) is 13.5. The minimum Gasteiger partial charge on any atom is -0.481 e. The fourth-order valence-electron chi connectivity index (χ4n) is 11.1. The molecule has 0 amide bonds. The second-order valence-electron chi connectivity index (χ2n) is 14.1. The average Bonchev–Trinajstić information content (AvgIpc) is 2.73. The summed E-state index contributed by atoms with van der Waals surface area (Å²) in [5, 5.41) is 32.3. The van der Waals surface area contributed by atoms with Gasteiger partial charge in [-0.05, 0) is 115 Å². The highest BCUT2D eigenvalue weighted by Gasteiger charge is 2.74. The lowest BCUT2D eigenvalue weighted by Crippen LogP contribution is -2.70. The number of aliphatic carboxylic acids is 1.